The number of likely N-dealkylation sites (tertiary alicyclic amines) is 1. The minimum atomic E-state index is 0.538. The minimum Gasteiger partial charge on any atom is -0.330 e. The summed E-state index contributed by atoms with van der Waals surface area (Å²) in [6, 6.07) is 1.79. The molecule has 1 aliphatic heterocycles. The van der Waals surface area contributed by atoms with Gasteiger partial charge >= 0.3 is 0 Å². The molecule has 1 aromatic heterocycles. The summed E-state index contributed by atoms with van der Waals surface area (Å²) < 4.78 is 0. The van der Waals surface area contributed by atoms with Gasteiger partial charge in [0, 0.05) is 5.69 Å². The van der Waals surface area contributed by atoms with Crippen molar-refractivity contribution in [1.29, 1.82) is 0 Å². The number of aromatic nitrogens is 2. The van der Waals surface area contributed by atoms with E-state index in [4.69, 9.17) is 17.3 Å². The first-order valence-electron chi connectivity index (χ1n) is 6.60. The summed E-state index contributed by atoms with van der Waals surface area (Å²) in [5.41, 5.74) is 6.54. The van der Waals surface area contributed by atoms with E-state index in [1.165, 1.54) is 12.8 Å². The first-order chi connectivity index (χ1) is 8.67. The average molecular weight is 269 g/mol. The van der Waals surface area contributed by atoms with Gasteiger partial charge in [-0.05, 0) is 57.8 Å². The van der Waals surface area contributed by atoms with Crippen LogP contribution >= 0.6 is 11.6 Å². The lowest BCUT2D eigenvalue weighted by atomic mass is 9.94. The molecule has 100 valence electrons. The molecule has 0 aromatic carbocycles. The van der Waals surface area contributed by atoms with E-state index >= 15 is 0 Å². The number of hydrogen-bond acceptors (Lipinski definition) is 4. The number of nitrogens with two attached hydrogens (primary N) is 1. The second-order valence-corrected chi connectivity index (χ2v) is 5.43. The van der Waals surface area contributed by atoms with Gasteiger partial charge in [0.2, 0.25) is 0 Å². The fraction of sp³-hybridized carbons (Fsp3) is 0.692. The summed E-state index contributed by atoms with van der Waals surface area (Å²) in [6.45, 7) is 5.78. The van der Waals surface area contributed by atoms with Crippen LogP contribution < -0.4 is 5.73 Å². The minimum absolute atomic E-state index is 0.538. The summed E-state index contributed by atoms with van der Waals surface area (Å²) in [6.07, 6.45) is 3.62. The van der Waals surface area contributed by atoms with Crippen molar-refractivity contribution in [3.63, 3.8) is 0 Å². The van der Waals surface area contributed by atoms with Crippen molar-refractivity contribution in [3.8, 4) is 0 Å². The smallest absolute Gasteiger partial charge is 0.144 e. The Morgan fingerprint density at radius 1 is 1.39 bits per heavy atom. The highest BCUT2D eigenvalue weighted by Gasteiger charge is 2.19. The van der Waals surface area contributed by atoms with Gasteiger partial charge in [-0.15, -0.1) is 0 Å². The van der Waals surface area contributed by atoms with Crippen LogP contribution in [0.3, 0.4) is 0 Å². The summed E-state index contributed by atoms with van der Waals surface area (Å²) in [5.74, 6) is 1.63. The maximum atomic E-state index is 5.95. The van der Waals surface area contributed by atoms with Crippen LogP contribution in [-0.4, -0.2) is 34.5 Å². The Bertz CT molecular complexity index is 368. The second kappa shape index (κ2) is 6.45. The van der Waals surface area contributed by atoms with Crippen LogP contribution in [0.15, 0.2) is 6.07 Å². The van der Waals surface area contributed by atoms with Gasteiger partial charge in [0.05, 0.1) is 6.54 Å². The molecule has 0 unspecified atom stereocenters. The third kappa shape index (κ3) is 3.90. The molecule has 2 N–H and O–H groups in total. The van der Waals surface area contributed by atoms with E-state index in [9.17, 15) is 0 Å². The van der Waals surface area contributed by atoms with Crippen molar-refractivity contribution in [3.05, 3.63) is 22.7 Å². The lowest BCUT2D eigenvalue weighted by Gasteiger charge is -2.31. The largest absolute Gasteiger partial charge is 0.330 e. The Labute approximate surface area is 114 Å². The molecule has 0 atom stereocenters. The molecule has 0 bridgehead atoms. The Morgan fingerprint density at radius 2 is 2.11 bits per heavy atom. The lowest BCUT2D eigenvalue weighted by molar-refractivity contribution is 0.170. The highest BCUT2D eigenvalue weighted by atomic mass is 35.5. The number of aryl methyl sites for hydroxylation is 1. The molecule has 18 heavy (non-hydrogen) atoms. The fourth-order valence-corrected chi connectivity index (χ4v) is 2.78. The lowest BCUT2D eigenvalue weighted by Crippen LogP contribution is -2.34. The molecular weight excluding hydrogens is 248 g/mol. The van der Waals surface area contributed by atoms with Crippen molar-refractivity contribution in [2.75, 3.05) is 19.6 Å². The zero-order valence-electron chi connectivity index (χ0n) is 10.9. The SMILES string of the molecule is Cc1cc(Cl)nc(CN2CCC(CCN)CC2)n1. The predicted molar refractivity (Wildman–Crippen MR) is 73.5 cm³/mol. The maximum absolute atomic E-state index is 5.95. The number of nitrogens with zero attached hydrogens (tertiary/aromatic N) is 3. The van der Waals surface area contributed by atoms with Crippen molar-refractivity contribution >= 4 is 11.6 Å². The molecule has 1 fully saturated rings. The van der Waals surface area contributed by atoms with Gasteiger partial charge in [-0.1, -0.05) is 11.6 Å². The van der Waals surface area contributed by atoms with E-state index < -0.39 is 0 Å². The van der Waals surface area contributed by atoms with E-state index in [0.717, 1.165) is 50.0 Å². The Balaban J connectivity index is 1.87. The van der Waals surface area contributed by atoms with Gasteiger partial charge in [0.1, 0.15) is 11.0 Å². The molecule has 2 heterocycles. The summed E-state index contributed by atoms with van der Waals surface area (Å²) in [7, 11) is 0. The second-order valence-electron chi connectivity index (χ2n) is 5.05. The molecule has 1 aliphatic rings. The third-order valence-electron chi connectivity index (χ3n) is 3.52. The zero-order chi connectivity index (χ0) is 13.0. The highest BCUT2D eigenvalue weighted by molar-refractivity contribution is 6.29. The molecule has 1 saturated heterocycles. The molecular formula is C13H21ClN4. The van der Waals surface area contributed by atoms with E-state index in [-0.39, 0.29) is 0 Å². The topological polar surface area (TPSA) is 55.0 Å². The third-order valence-corrected chi connectivity index (χ3v) is 3.71. The summed E-state index contributed by atoms with van der Waals surface area (Å²) >= 11 is 5.95. The maximum Gasteiger partial charge on any atom is 0.144 e. The number of rotatable bonds is 4. The highest BCUT2D eigenvalue weighted by Crippen LogP contribution is 2.20. The molecule has 0 saturated carbocycles. The molecule has 4 nitrogen and oxygen atoms in total. The molecule has 0 amide bonds. The van der Waals surface area contributed by atoms with Gasteiger partial charge in [-0.3, -0.25) is 4.90 Å². The summed E-state index contributed by atoms with van der Waals surface area (Å²) in [4.78, 5) is 11.1. The first-order valence-corrected chi connectivity index (χ1v) is 6.97. The van der Waals surface area contributed by atoms with Crippen molar-refractivity contribution in [2.24, 2.45) is 11.7 Å². The zero-order valence-corrected chi connectivity index (χ0v) is 11.7. The number of halogens is 1. The van der Waals surface area contributed by atoms with Crippen molar-refractivity contribution in [1.82, 2.24) is 14.9 Å². The first kappa shape index (κ1) is 13.7. The summed E-state index contributed by atoms with van der Waals surface area (Å²) in [5, 5.41) is 0.538. The van der Waals surface area contributed by atoms with Crippen LogP contribution in [0.4, 0.5) is 0 Å². The van der Waals surface area contributed by atoms with Crippen LogP contribution in [-0.2, 0) is 6.54 Å². The van der Waals surface area contributed by atoms with Crippen molar-refractivity contribution in [2.45, 2.75) is 32.7 Å². The Hall–Kier alpha value is -0.710. The van der Waals surface area contributed by atoms with Gasteiger partial charge in [-0.25, -0.2) is 9.97 Å². The molecule has 0 radical (unpaired) electrons. The molecule has 2 rings (SSSR count). The average Bonchev–Trinajstić information content (AvgIpc) is 2.31. The monoisotopic (exact) mass is 268 g/mol. The van der Waals surface area contributed by atoms with Crippen LogP contribution in [0.1, 0.15) is 30.8 Å². The van der Waals surface area contributed by atoms with E-state index in [1.807, 2.05) is 6.92 Å². The number of hydrogen-bond donors (Lipinski definition) is 1. The van der Waals surface area contributed by atoms with Gasteiger partial charge in [0.25, 0.3) is 0 Å². The van der Waals surface area contributed by atoms with Crippen LogP contribution in [0, 0.1) is 12.8 Å². The predicted octanol–water partition coefficient (Wildman–Crippen LogP) is 2.00. The van der Waals surface area contributed by atoms with Gasteiger partial charge in [0.15, 0.2) is 0 Å². The van der Waals surface area contributed by atoms with E-state index in [2.05, 4.69) is 14.9 Å². The van der Waals surface area contributed by atoms with E-state index in [1.54, 1.807) is 6.07 Å². The molecule has 0 aliphatic carbocycles. The van der Waals surface area contributed by atoms with Gasteiger partial charge < -0.3 is 5.73 Å². The molecule has 5 heteroatoms. The Kier molecular flexibility index (Phi) is 4.92. The van der Waals surface area contributed by atoms with Gasteiger partial charge in [-0.2, -0.15) is 0 Å². The van der Waals surface area contributed by atoms with Crippen molar-refractivity contribution < 1.29 is 0 Å². The Morgan fingerprint density at radius 3 is 2.72 bits per heavy atom. The molecule has 0 spiro atoms. The van der Waals surface area contributed by atoms with Crippen LogP contribution in [0.25, 0.3) is 0 Å². The fourth-order valence-electron chi connectivity index (χ4n) is 2.53. The normalized spacial score (nSPS) is 18.2. The number of piperidine rings is 1. The standard InChI is InChI=1S/C13H21ClN4/c1-10-8-12(14)17-13(16-10)9-18-6-3-11(2-5-15)4-7-18/h8,11H,2-7,9,15H2,1H3. The van der Waals surface area contributed by atoms with Crippen LogP contribution in [0.5, 0.6) is 0 Å². The quantitative estimate of drug-likeness (QED) is 0.849. The van der Waals surface area contributed by atoms with Crippen LogP contribution in [0.2, 0.25) is 5.15 Å². The molecule has 1 aromatic rings. The van der Waals surface area contributed by atoms with E-state index in [0.29, 0.717) is 5.15 Å².